The first-order valence-electron chi connectivity index (χ1n) is 9.98. The number of nitrogens with zero attached hydrogens (tertiary/aromatic N) is 2. The molecular weight excluding hydrogens is 336 g/mol. The fraction of sp³-hybridized carbons (Fsp3) is 0.435. The van der Waals surface area contributed by atoms with Crippen LogP contribution in [-0.2, 0) is 11.2 Å². The van der Waals surface area contributed by atoms with E-state index in [2.05, 4.69) is 34.1 Å². The Bertz CT molecular complexity index is 779. The standard InChI is InChI=1S/C23H28N2O2/c1-27-23(26)20-8-10-21(11-9-20)25-16-14-24(15-17-25)13-12-19-7-6-18-4-2-3-5-22(18)19/h2-5,8-11,19H,6-7,12-17H2,1H3. The van der Waals surface area contributed by atoms with Crippen molar-refractivity contribution in [1.29, 1.82) is 0 Å². The minimum atomic E-state index is -0.278. The Hall–Kier alpha value is -2.33. The molecule has 0 saturated carbocycles. The molecule has 1 aliphatic heterocycles. The highest BCUT2D eigenvalue weighted by atomic mass is 16.5. The van der Waals surface area contributed by atoms with Crippen molar-refractivity contribution in [3.63, 3.8) is 0 Å². The molecule has 2 aromatic rings. The highest BCUT2D eigenvalue weighted by Crippen LogP contribution is 2.35. The van der Waals surface area contributed by atoms with E-state index in [9.17, 15) is 4.79 Å². The molecule has 1 saturated heterocycles. The number of hydrogen-bond acceptors (Lipinski definition) is 4. The number of methoxy groups -OCH3 is 1. The molecular formula is C23H28N2O2. The van der Waals surface area contributed by atoms with Gasteiger partial charge in [-0.2, -0.15) is 0 Å². The number of ether oxygens (including phenoxy) is 1. The molecule has 4 nitrogen and oxygen atoms in total. The number of piperazine rings is 1. The largest absolute Gasteiger partial charge is 0.465 e. The number of fused-ring (bicyclic) bond motifs is 1. The summed E-state index contributed by atoms with van der Waals surface area (Å²) in [4.78, 5) is 16.6. The second-order valence-electron chi connectivity index (χ2n) is 7.59. The molecule has 1 fully saturated rings. The molecule has 142 valence electrons. The van der Waals surface area contributed by atoms with Gasteiger partial charge in [0.05, 0.1) is 12.7 Å². The van der Waals surface area contributed by atoms with Gasteiger partial charge in [-0.25, -0.2) is 4.79 Å². The molecule has 0 bridgehead atoms. The molecule has 27 heavy (non-hydrogen) atoms. The van der Waals surface area contributed by atoms with Gasteiger partial charge in [0, 0.05) is 31.9 Å². The molecule has 4 heteroatoms. The molecule has 1 atom stereocenters. The Kier molecular flexibility index (Phi) is 5.44. The molecule has 2 aromatic carbocycles. The third-order valence-electron chi connectivity index (χ3n) is 6.08. The summed E-state index contributed by atoms with van der Waals surface area (Å²) in [5.74, 6) is 0.463. The average molecular weight is 364 g/mol. The van der Waals surface area contributed by atoms with Crippen molar-refractivity contribution in [3.8, 4) is 0 Å². The van der Waals surface area contributed by atoms with E-state index in [0.29, 0.717) is 5.56 Å². The Morgan fingerprint density at radius 3 is 2.52 bits per heavy atom. The zero-order chi connectivity index (χ0) is 18.6. The molecule has 0 aromatic heterocycles. The minimum absolute atomic E-state index is 0.278. The molecule has 0 spiro atoms. The van der Waals surface area contributed by atoms with Gasteiger partial charge in [-0.05, 0) is 67.1 Å². The van der Waals surface area contributed by atoms with Crippen LogP contribution in [0.5, 0.6) is 0 Å². The van der Waals surface area contributed by atoms with Gasteiger partial charge >= 0.3 is 5.97 Å². The fourth-order valence-corrected chi connectivity index (χ4v) is 4.44. The molecule has 4 rings (SSSR count). The number of carbonyl (C=O) groups excluding carboxylic acids is 1. The van der Waals surface area contributed by atoms with Gasteiger partial charge in [0.1, 0.15) is 0 Å². The lowest BCUT2D eigenvalue weighted by atomic mass is 9.97. The van der Waals surface area contributed by atoms with Crippen LogP contribution in [0.15, 0.2) is 48.5 Å². The van der Waals surface area contributed by atoms with Crippen molar-refractivity contribution in [1.82, 2.24) is 4.90 Å². The zero-order valence-corrected chi connectivity index (χ0v) is 16.1. The van der Waals surface area contributed by atoms with Crippen LogP contribution >= 0.6 is 0 Å². The van der Waals surface area contributed by atoms with Crippen LogP contribution in [0.3, 0.4) is 0 Å². The smallest absolute Gasteiger partial charge is 0.337 e. The van der Waals surface area contributed by atoms with E-state index >= 15 is 0 Å². The summed E-state index contributed by atoms with van der Waals surface area (Å²) in [6.07, 6.45) is 3.83. The van der Waals surface area contributed by atoms with Crippen molar-refractivity contribution in [3.05, 3.63) is 65.2 Å². The van der Waals surface area contributed by atoms with Crippen molar-refractivity contribution in [2.75, 3.05) is 44.7 Å². The normalized spacial score (nSPS) is 19.7. The van der Waals surface area contributed by atoms with Crippen LogP contribution in [0, 0.1) is 0 Å². The van der Waals surface area contributed by atoms with Crippen LogP contribution in [0.25, 0.3) is 0 Å². The van der Waals surface area contributed by atoms with Crippen molar-refractivity contribution >= 4 is 11.7 Å². The maximum Gasteiger partial charge on any atom is 0.337 e. The van der Waals surface area contributed by atoms with Crippen LogP contribution in [-0.4, -0.2) is 50.7 Å². The van der Waals surface area contributed by atoms with Crippen LogP contribution < -0.4 is 4.90 Å². The second-order valence-corrected chi connectivity index (χ2v) is 7.59. The summed E-state index contributed by atoms with van der Waals surface area (Å²) in [5.41, 5.74) is 4.94. The van der Waals surface area contributed by atoms with E-state index in [1.807, 2.05) is 24.3 Å². The summed E-state index contributed by atoms with van der Waals surface area (Å²) >= 11 is 0. The van der Waals surface area contributed by atoms with Gasteiger partial charge in [-0.15, -0.1) is 0 Å². The fourth-order valence-electron chi connectivity index (χ4n) is 4.44. The maximum atomic E-state index is 11.6. The highest BCUT2D eigenvalue weighted by molar-refractivity contribution is 5.89. The summed E-state index contributed by atoms with van der Waals surface area (Å²) in [7, 11) is 1.42. The molecule has 2 aliphatic rings. The summed E-state index contributed by atoms with van der Waals surface area (Å²) < 4.78 is 4.77. The third-order valence-corrected chi connectivity index (χ3v) is 6.08. The topological polar surface area (TPSA) is 32.8 Å². The Morgan fingerprint density at radius 1 is 1.04 bits per heavy atom. The number of carbonyl (C=O) groups is 1. The molecule has 1 unspecified atom stereocenters. The van der Waals surface area contributed by atoms with Crippen LogP contribution in [0.2, 0.25) is 0 Å². The quantitative estimate of drug-likeness (QED) is 0.757. The van der Waals surface area contributed by atoms with Gasteiger partial charge in [0.2, 0.25) is 0 Å². The third kappa shape index (κ3) is 4.01. The number of esters is 1. The molecule has 0 amide bonds. The molecule has 0 radical (unpaired) electrons. The summed E-state index contributed by atoms with van der Waals surface area (Å²) in [6.45, 7) is 5.48. The number of aryl methyl sites for hydroxylation is 1. The zero-order valence-electron chi connectivity index (χ0n) is 16.1. The lowest BCUT2D eigenvalue weighted by Gasteiger charge is -2.36. The first-order chi connectivity index (χ1) is 13.2. The monoisotopic (exact) mass is 364 g/mol. The van der Waals surface area contributed by atoms with Crippen molar-refractivity contribution in [2.24, 2.45) is 0 Å². The lowest BCUT2D eigenvalue weighted by molar-refractivity contribution is 0.0601. The minimum Gasteiger partial charge on any atom is -0.465 e. The Balaban J connectivity index is 1.26. The number of benzene rings is 2. The van der Waals surface area contributed by atoms with Crippen molar-refractivity contribution < 1.29 is 9.53 Å². The van der Waals surface area contributed by atoms with Gasteiger partial charge < -0.3 is 9.64 Å². The summed E-state index contributed by atoms with van der Waals surface area (Å²) in [6, 6.07) is 16.7. The number of hydrogen-bond donors (Lipinski definition) is 0. The van der Waals surface area contributed by atoms with E-state index in [4.69, 9.17) is 4.74 Å². The van der Waals surface area contributed by atoms with E-state index in [1.54, 1.807) is 11.1 Å². The van der Waals surface area contributed by atoms with E-state index < -0.39 is 0 Å². The van der Waals surface area contributed by atoms with Gasteiger partial charge in [-0.3, -0.25) is 4.90 Å². The average Bonchev–Trinajstić information content (AvgIpc) is 3.15. The van der Waals surface area contributed by atoms with Gasteiger partial charge in [0.15, 0.2) is 0 Å². The van der Waals surface area contributed by atoms with Crippen molar-refractivity contribution in [2.45, 2.75) is 25.2 Å². The predicted octanol–water partition coefficient (Wildman–Crippen LogP) is 3.72. The Morgan fingerprint density at radius 2 is 1.78 bits per heavy atom. The van der Waals surface area contributed by atoms with Gasteiger partial charge in [-0.1, -0.05) is 24.3 Å². The second kappa shape index (κ2) is 8.13. The van der Waals surface area contributed by atoms with Crippen LogP contribution in [0.1, 0.15) is 40.2 Å². The van der Waals surface area contributed by atoms with Gasteiger partial charge in [0.25, 0.3) is 0 Å². The first kappa shape index (κ1) is 18.1. The first-order valence-corrected chi connectivity index (χ1v) is 9.98. The highest BCUT2D eigenvalue weighted by Gasteiger charge is 2.23. The number of rotatable bonds is 5. The van der Waals surface area contributed by atoms with E-state index in [0.717, 1.165) is 32.1 Å². The van der Waals surface area contributed by atoms with E-state index in [-0.39, 0.29) is 5.97 Å². The van der Waals surface area contributed by atoms with Crippen LogP contribution in [0.4, 0.5) is 5.69 Å². The summed E-state index contributed by atoms with van der Waals surface area (Å²) in [5, 5.41) is 0. The maximum absolute atomic E-state index is 11.6. The predicted molar refractivity (Wildman–Crippen MR) is 109 cm³/mol. The molecule has 0 N–H and O–H groups in total. The van der Waals surface area contributed by atoms with E-state index in [1.165, 1.54) is 38.6 Å². The Labute approximate surface area is 161 Å². The number of anilines is 1. The molecule has 1 heterocycles. The molecule has 1 aliphatic carbocycles. The SMILES string of the molecule is COC(=O)c1ccc(N2CCN(CCC3CCc4ccccc43)CC2)cc1. The lowest BCUT2D eigenvalue weighted by Crippen LogP contribution is -2.46.